The Labute approximate surface area is 166 Å². The summed E-state index contributed by atoms with van der Waals surface area (Å²) in [6.07, 6.45) is 0. The van der Waals surface area contributed by atoms with Crippen molar-refractivity contribution in [3.63, 3.8) is 0 Å². The van der Waals surface area contributed by atoms with Gasteiger partial charge in [-0.15, -0.1) is 0 Å². The van der Waals surface area contributed by atoms with Gasteiger partial charge in [0.1, 0.15) is 5.54 Å². The molecule has 1 aliphatic heterocycles. The van der Waals surface area contributed by atoms with Gasteiger partial charge in [-0.3, -0.25) is 0 Å². The third-order valence-electron chi connectivity index (χ3n) is 5.38. The van der Waals surface area contributed by atoms with E-state index in [9.17, 15) is 0 Å². The van der Waals surface area contributed by atoms with Crippen LogP contribution in [0.1, 0.15) is 16.7 Å². The van der Waals surface area contributed by atoms with Crippen molar-refractivity contribution in [3.05, 3.63) is 95.6 Å². The fraction of sp³-hybridized carbons (Fsp3) is 0.208. The first-order valence-electron chi connectivity index (χ1n) is 9.44. The van der Waals surface area contributed by atoms with E-state index in [1.165, 1.54) is 11.1 Å². The molecule has 2 N–H and O–H groups in total. The molecule has 1 atom stereocenters. The second kappa shape index (κ2) is 7.49. The Hall–Kier alpha value is -3.11. The molecule has 0 fully saturated rings. The normalized spacial score (nSPS) is 18.9. The van der Waals surface area contributed by atoms with E-state index in [1.54, 1.807) is 7.11 Å². The van der Waals surface area contributed by atoms with E-state index in [1.807, 2.05) is 24.1 Å². The van der Waals surface area contributed by atoms with Gasteiger partial charge in [0.15, 0.2) is 5.96 Å². The Kier molecular flexibility index (Phi) is 4.88. The number of methoxy groups -OCH3 is 1. The highest BCUT2D eigenvalue weighted by Gasteiger charge is 2.40. The Bertz CT molecular complexity index is 999. The van der Waals surface area contributed by atoms with Crippen LogP contribution in [0.3, 0.4) is 0 Å². The number of hydrogen-bond acceptors (Lipinski definition) is 4. The van der Waals surface area contributed by atoms with Gasteiger partial charge in [0.2, 0.25) is 0 Å². The Balaban J connectivity index is 1.86. The molecule has 3 aromatic rings. The number of nitrogens with zero attached hydrogens (tertiary/aromatic N) is 2. The number of aliphatic imine (C=N–C) groups is 1. The van der Waals surface area contributed by atoms with E-state index in [2.05, 4.69) is 66.7 Å². The van der Waals surface area contributed by atoms with Crippen molar-refractivity contribution in [1.82, 2.24) is 4.90 Å². The van der Waals surface area contributed by atoms with Crippen LogP contribution >= 0.6 is 0 Å². The summed E-state index contributed by atoms with van der Waals surface area (Å²) in [5, 5.41) is 0. The van der Waals surface area contributed by atoms with Crippen LogP contribution < -0.4 is 5.73 Å². The quantitative estimate of drug-likeness (QED) is 0.737. The third-order valence-corrected chi connectivity index (χ3v) is 5.38. The lowest BCUT2D eigenvalue weighted by atomic mass is 9.82. The number of hydrogen-bond donors (Lipinski definition) is 1. The van der Waals surface area contributed by atoms with E-state index in [-0.39, 0.29) is 0 Å². The lowest BCUT2D eigenvalue weighted by molar-refractivity contribution is 0.185. The maximum absolute atomic E-state index is 6.20. The average molecular weight is 371 g/mol. The number of nitrogens with two attached hydrogens (primary N) is 1. The van der Waals surface area contributed by atoms with Gasteiger partial charge in [-0.2, -0.15) is 0 Å². The summed E-state index contributed by atoms with van der Waals surface area (Å²) in [5.74, 6) is 0.564. The Morgan fingerprint density at radius 1 is 0.964 bits per heavy atom. The van der Waals surface area contributed by atoms with Gasteiger partial charge in [0.25, 0.3) is 0 Å². The SMILES string of the molecule is COCc1ccccc1-c1cccc(C2(c3ccccc3)CN(C)C(N)=N2)c1. The molecule has 1 aliphatic rings. The van der Waals surface area contributed by atoms with Gasteiger partial charge >= 0.3 is 0 Å². The molecular weight excluding hydrogens is 346 g/mol. The van der Waals surface area contributed by atoms with Crippen LogP contribution in [-0.4, -0.2) is 31.6 Å². The number of ether oxygens (including phenoxy) is 1. The molecule has 0 spiro atoms. The van der Waals surface area contributed by atoms with Gasteiger partial charge in [0, 0.05) is 14.2 Å². The molecular formula is C24H25N3O. The number of rotatable bonds is 5. The monoisotopic (exact) mass is 371 g/mol. The zero-order valence-corrected chi connectivity index (χ0v) is 16.3. The Morgan fingerprint density at radius 3 is 2.39 bits per heavy atom. The molecule has 28 heavy (non-hydrogen) atoms. The van der Waals surface area contributed by atoms with Crippen LogP contribution in [-0.2, 0) is 16.9 Å². The molecule has 4 heteroatoms. The first kappa shape index (κ1) is 18.3. The average Bonchev–Trinajstić information content (AvgIpc) is 3.05. The zero-order chi connectivity index (χ0) is 19.6. The highest BCUT2D eigenvalue weighted by Crippen LogP contribution is 2.39. The fourth-order valence-corrected chi connectivity index (χ4v) is 3.96. The largest absolute Gasteiger partial charge is 0.380 e. The number of guanidine groups is 1. The minimum atomic E-state index is -0.508. The van der Waals surface area contributed by atoms with Crippen molar-refractivity contribution in [3.8, 4) is 11.1 Å². The molecule has 0 radical (unpaired) electrons. The molecule has 0 saturated heterocycles. The first-order chi connectivity index (χ1) is 13.6. The molecule has 0 amide bonds. The van der Waals surface area contributed by atoms with Gasteiger partial charge in [0.05, 0.1) is 13.2 Å². The van der Waals surface area contributed by atoms with Crippen molar-refractivity contribution in [1.29, 1.82) is 0 Å². The number of likely N-dealkylation sites (N-methyl/N-ethyl adjacent to an activating group) is 1. The fourth-order valence-electron chi connectivity index (χ4n) is 3.96. The molecule has 3 aromatic carbocycles. The van der Waals surface area contributed by atoms with E-state index in [0.29, 0.717) is 19.1 Å². The molecule has 0 aliphatic carbocycles. The van der Waals surface area contributed by atoms with Crippen LogP contribution in [0.5, 0.6) is 0 Å². The molecule has 1 unspecified atom stereocenters. The summed E-state index contributed by atoms with van der Waals surface area (Å²) in [6, 6.07) is 27.4. The van der Waals surface area contributed by atoms with Crippen molar-refractivity contribution in [2.75, 3.05) is 20.7 Å². The van der Waals surface area contributed by atoms with E-state index < -0.39 is 5.54 Å². The summed E-state index contributed by atoms with van der Waals surface area (Å²) < 4.78 is 5.39. The molecule has 0 aromatic heterocycles. The topological polar surface area (TPSA) is 50.9 Å². The predicted molar refractivity (Wildman–Crippen MR) is 114 cm³/mol. The van der Waals surface area contributed by atoms with Crippen LogP contribution in [0.4, 0.5) is 0 Å². The maximum Gasteiger partial charge on any atom is 0.192 e. The van der Waals surface area contributed by atoms with Crippen molar-refractivity contribution in [2.45, 2.75) is 12.1 Å². The lowest BCUT2D eigenvalue weighted by Gasteiger charge is -2.28. The second-order valence-corrected chi connectivity index (χ2v) is 7.22. The smallest absolute Gasteiger partial charge is 0.192 e. The summed E-state index contributed by atoms with van der Waals surface area (Å²) in [4.78, 5) is 6.94. The summed E-state index contributed by atoms with van der Waals surface area (Å²) in [6.45, 7) is 1.30. The van der Waals surface area contributed by atoms with Crippen LogP contribution in [0, 0.1) is 0 Å². The van der Waals surface area contributed by atoms with Gasteiger partial charge < -0.3 is 15.4 Å². The van der Waals surface area contributed by atoms with Crippen LogP contribution in [0.25, 0.3) is 11.1 Å². The predicted octanol–water partition coefficient (Wildman–Crippen LogP) is 4.00. The maximum atomic E-state index is 6.20. The van der Waals surface area contributed by atoms with E-state index in [4.69, 9.17) is 15.5 Å². The van der Waals surface area contributed by atoms with E-state index in [0.717, 1.165) is 16.7 Å². The molecule has 4 rings (SSSR count). The first-order valence-corrected chi connectivity index (χ1v) is 9.44. The van der Waals surface area contributed by atoms with Gasteiger partial charge in [-0.05, 0) is 33.9 Å². The summed E-state index contributed by atoms with van der Waals surface area (Å²) in [5.41, 5.74) is 11.5. The minimum Gasteiger partial charge on any atom is -0.380 e. The third kappa shape index (κ3) is 3.16. The molecule has 4 nitrogen and oxygen atoms in total. The van der Waals surface area contributed by atoms with Gasteiger partial charge in [-0.1, -0.05) is 72.8 Å². The standard InChI is InChI=1S/C24H25N3O/c1-27-17-24(26-23(27)25,20-11-4-3-5-12-20)21-13-8-10-18(15-21)22-14-7-6-9-19(22)16-28-2/h3-15H,16-17H2,1-2H3,(H2,25,26). The van der Waals surface area contributed by atoms with Crippen molar-refractivity contribution >= 4 is 5.96 Å². The summed E-state index contributed by atoms with van der Waals surface area (Å²) >= 11 is 0. The Morgan fingerprint density at radius 2 is 1.68 bits per heavy atom. The minimum absolute atomic E-state index is 0.508. The second-order valence-electron chi connectivity index (χ2n) is 7.22. The molecule has 0 saturated carbocycles. The molecule has 1 heterocycles. The van der Waals surface area contributed by atoms with Crippen molar-refractivity contribution in [2.24, 2.45) is 10.7 Å². The number of benzene rings is 3. The molecule has 142 valence electrons. The van der Waals surface area contributed by atoms with Gasteiger partial charge in [-0.25, -0.2) is 4.99 Å². The molecule has 0 bridgehead atoms. The van der Waals surface area contributed by atoms with E-state index >= 15 is 0 Å². The highest BCUT2D eigenvalue weighted by molar-refractivity contribution is 5.82. The lowest BCUT2D eigenvalue weighted by Crippen LogP contribution is -2.34. The van der Waals surface area contributed by atoms with Crippen LogP contribution in [0.15, 0.2) is 83.9 Å². The summed E-state index contributed by atoms with van der Waals surface area (Å²) in [7, 11) is 3.71. The highest BCUT2D eigenvalue weighted by atomic mass is 16.5. The zero-order valence-electron chi connectivity index (χ0n) is 16.3. The van der Waals surface area contributed by atoms with Crippen molar-refractivity contribution < 1.29 is 4.74 Å². The van der Waals surface area contributed by atoms with Crippen LogP contribution in [0.2, 0.25) is 0 Å².